The van der Waals surface area contributed by atoms with E-state index in [2.05, 4.69) is 16.0 Å². The zero-order chi connectivity index (χ0) is 14.9. The van der Waals surface area contributed by atoms with E-state index in [0.717, 1.165) is 53.8 Å². The molecule has 4 rings (SSSR count). The highest BCUT2D eigenvalue weighted by molar-refractivity contribution is 7.12. The molecule has 5 heteroatoms. The van der Waals surface area contributed by atoms with E-state index in [1.165, 1.54) is 5.56 Å². The fourth-order valence-corrected chi connectivity index (χ4v) is 3.99. The molecule has 0 aliphatic carbocycles. The maximum absolute atomic E-state index is 12.7. The first kappa shape index (κ1) is 13.5. The maximum atomic E-state index is 12.7. The molecule has 0 spiro atoms. The molecule has 1 N–H and O–H groups in total. The third-order valence-corrected chi connectivity index (χ3v) is 5.21. The van der Waals surface area contributed by atoms with Crippen LogP contribution in [0.1, 0.15) is 33.6 Å². The molecule has 0 unspecified atom stereocenters. The number of pyridine rings is 1. The number of nitrogens with zero attached hydrogens (tertiary/aromatic N) is 2. The van der Waals surface area contributed by atoms with Crippen molar-refractivity contribution < 1.29 is 4.79 Å². The number of aromatic nitrogens is 2. The van der Waals surface area contributed by atoms with Gasteiger partial charge in [-0.25, -0.2) is 4.98 Å². The van der Waals surface area contributed by atoms with E-state index >= 15 is 0 Å². The molecule has 1 fully saturated rings. The number of rotatable bonds is 3. The summed E-state index contributed by atoms with van der Waals surface area (Å²) in [5.74, 6) is 0.196. The molecule has 1 amide bonds. The van der Waals surface area contributed by atoms with Gasteiger partial charge in [0.2, 0.25) is 0 Å². The number of H-pyrrole nitrogens is 1. The second kappa shape index (κ2) is 5.57. The highest BCUT2D eigenvalue weighted by Crippen LogP contribution is 2.26. The van der Waals surface area contributed by atoms with Crippen molar-refractivity contribution in [3.05, 3.63) is 52.0 Å². The Hall–Kier alpha value is -2.14. The van der Waals surface area contributed by atoms with Gasteiger partial charge in [0.1, 0.15) is 5.65 Å². The second-order valence-corrected chi connectivity index (χ2v) is 6.58. The van der Waals surface area contributed by atoms with Gasteiger partial charge in [-0.1, -0.05) is 0 Å². The first-order valence-electron chi connectivity index (χ1n) is 7.59. The number of hydrogen-bond donors (Lipinski definition) is 1. The number of fused-ring (bicyclic) bond motifs is 1. The van der Waals surface area contributed by atoms with Crippen LogP contribution in [0, 0.1) is 0 Å². The van der Waals surface area contributed by atoms with Gasteiger partial charge in [0.25, 0.3) is 5.91 Å². The van der Waals surface area contributed by atoms with Gasteiger partial charge in [-0.3, -0.25) is 4.79 Å². The van der Waals surface area contributed by atoms with Crippen molar-refractivity contribution in [3.63, 3.8) is 0 Å². The third kappa shape index (κ3) is 2.31. The van der Waals surface area contributed by atoms with E-state index in [1.54, 1.807) is 11.3 Å². The van der Waals surface area contributed by atoms with Gasteiger partial charge >= 0.3 is 0 Å². The first-order chi connectivity index (χ1) is 10.8. The molecule has 0 radical (unpaired) electrons. The van der Waals surface area contributed by atoms with Crippen LogP contribution in [0.3, 0.4) is 0 Å². The van der Waals surface area contributed by atoms with Gasteiger partial charge in [0.05, 0.1) is 4.88 Å². The van der Waals surface area contributed by atoms with Crippen molar-refractivity contribution in [1.29, 1.82) is 0 Å². The molecule has 0 saturated carbocycles. The summed E-state index contributed by atoms with van der Waals surface area (Å²) in [7, 11) is 0. The van der Waals surface area contributed by atoms with Crippen molar-refractivity contribution in [2.75, 3.05) is 13.1 Å². The lowest BCUT2D eigenvalue weighted by molar-refractivity contribution is 0.0797. The van der Waals surface area contributed by atoms with Crippen LogP contribution < -0.4 is 0 Å². The standard InChI is InChI=1S/C17H17N3OS/c21-17(20-8-1-2-9-20)15-13(5-10-22-15)11-12-3-6-18-16-14(12)4-7-19-16/h3-7,10H,1-2,8-9,11H2,(H,18,19). The van der Waals surface area contributed by atoms with Crippen molar-refractivity contribution in [2.45, 2.75) is 19.3 Å². The van der Waals surface area contributed by atoms with Crippen LogP contribution >= 0.6 is 11.3 Å². The van der Waals surface area contributed by atoms with Crippen LogP contribution in [0.15, 0.2) is 36.0 Å². The zero-order valence-electron chi connectivity index (χ0n) is 12.2. The number of nitrogens with one attached hydrogen (secondary N) is 1. The quantitative estimate of drug-likeness (QED) is 0.805. The number of carbonyl (C=O) groups excluding carboxylic acids is 1. The average molecular weight is 311 g/mol. The molecule has 0 atom stereocenters. The van der Waals surface area contributed by atoms with Gasteiger partial charge in [0, 0.05) is 30.9 Å². The lowest BCUT2D eigenvalue weighted by atomic mass is 10.0. The molecule has 1 aliphatic heterocycles. The Bertz CT molecular complexity index is 814. The molecule has 0 bridgehead atoms. The Morgan fingerprint density at radius 2 is 2.09 bits per heavy atom. The molecule has 1 aliphatic rings. The lowest BCUT2D eigenvalue weighted by Crippen LogP contribution is -2.27. The highest BCUT2D eigenvalue weighted by Gasteiger charge is 2.23. The van der Waals surface area contributed by atoms with Gasteiger partial charge < -0.3 is 9.88 Å². The van der Waals surface area contributed by atoms with Gasteiger partial charge in [-0.05, 0) is 54.0 Å². The summed E-state index contributed by atoms with van der Waals surface area (Å²) in [5.41, 5.74) is 3.23. The van der Waals surface area contributed by atoms with E-state index in [1.807, 2.05) is 34.8 Å². The average Bonchev–Trinajstić information content (AvgIpc) is 3.28. The number of hydrogen-bond acceptors (Lipinski definition) is 3. The summed E-state index contributed by atoms with van der Waals surface area (Å²) in [6.07, 6.45) is 6.75. The number of aromatic amines is 1. The third-order valence-electron chi connectivity index (χ3n) is 4.27. The van der Waals surface area contributed by atoms with Crippen LogP contribution in [0.4, 0.5) is 0 Å². The maximum Gasteiger partial charge on any atom is 0.264 e. The zero-order valence-corrected chi connectivity index (χ0v) is 13.0. The van der Waals surface area contributed by atoms with E-state index < -0.39 is 0 Å². The summed E-state index contributed by atoms with van der Waals surface area (Å²) in [6, 6.07) is 6.16. The van der Waals surface area contributed by atoms with Gasteiger partial charge in [-0.2, -0.15) is 0 Å². The summed E-state index contributed by atoms with van der Waals surface area (Å²) >= 11 is 1.56. The summed E-state index contributed by atoms with van der Waals surface area (Å²) in [6.45, 7) is 1.79. The van der Waals surface area contributed by atoms with Crippen LogP contribution in [0.25, 0.3) is 11.0 Å². The molecular formula is C17H17N3OS. The number of thiophene rings is 1. The smallest absolute Gasteiger partial charge is 0.264 e. The molecule has 3 aromatic rings. The minimum Gasteiger partial charge on any atom is -0.346 e. The molecule has 112 valence electrons. The van der Waals surface area contributed by atoms with Crippen molar-refractivity contribution in [2.24, 2.45) is 0 Å². The van der Waals surface area contributed by atoms with Gasteiger partial charge in [0.15, 0.2) is 0 Å². The molecule has 0 aromatic carbocycles. The Kier molecular flexibility index (Phi) is 3.42. The lowest BCUT2D eigenvalue weighted by Gasteiger charge is -2.15. The predicted octanol–water partition coefficient (Wildman–Crippen LogP) is 3.45. The van der Waals surface area contributed by atoms with Crippen LogP contribution in [-0.4, -0.2) is 33.9 Å². The Morgan fingerprint density at radius 3 is 2.95 bits per heavy atom. The predicted molar refractivity (Wildman–Crippen MR) is 88.4 cm³/mol. The minimum atomic E-state index is 0.196. The van der Waals surface area contributed by atoms with Crippen LogP contribution in [-0.2, 0) is 6.42 Å². The van der Waals surface area contributed by atoms with Gasteiger partial charge in [-0.15, -0.1) is 11.3 Å². The molecule has 22 heavy (non-hydrogen) atoms. The summed E-state index contributed by atoms with van der Waals surface area (Å²) in [4.78, 5) is 23.0. The molecule has 1 saturated heterocycles. The molecule has 4 heterocycles. The second-order valence-electron chi connectivity index (χ2n) is 5.66. The van der Waals surface area contributed by atoms with Crippen molar-refractivity contribution in [1.82, 2.24) is 14.9 Å². The highest BCUT2D eigenvalue weighted by atomic mass is 32.1. The molecular weight excluding hydrogens is 294 g/mol. The van der Waals surface area contributed by atoms with E-state index in [0.29, 0.717) is 0 Å². The Morgan fingerprint density at radius 1 is 1.23 bits per heavy atom. The van der Waals surface area contributed by atoms with Crippen LogP contribution in [0.5, 0.6) is 0 Å². The molecule has 3 aromatic heterocycles. The van der Waals surface area contributed by atoms with Crippen LogP contribution in [0.2, 0.25) is 0 Å². The summed E-state index contributed by atoms with van der Waals surface area (Å²) < 4.78 is 0. The minimum absolute atomic E-state index is 0.196. The summed E-state index contributed by atoms with van der Waals surface area (Å²) in [5, 5.41) is 3.15. The largest absolute Gasteiger partial charge is 0.346 e. The Labute approximate surface area is 132 Å². The Balaban J connectivity index is 1.65. The fourth-order valence-electron chi connectivity index (χ4n) is 3.10. The first-order valence-corrected chi connectivity index (χ1v) is 8.47. The van der Waals surface area contributed by atoms with E-state index in [4.69, 9.17) is 0 Å². The van der Waals surface area contributed by atoms with E-state index in [9.17, 15) is 4.79 Å². The normalized spacial score (nSPS) is 14.8. The van der Waals surface area contributed by atoms with Crippen molar-refractivity contribution in [3.8, 4) is 0 Å². The fraction of sp³-hybridized carbons (Fsp3) is 0.294. The number of amides is 1. The van der Waals surface area contributed by atoms with E-state index in [-0.39, 0.29) is 5.91 Å². The monoisotopic (exact) mass is 311 g/mol. The topological polar surface area (TPSA) is 49.0 Å². The van der Waals surface area contributed by atoms with Crippen molar-refractivity contribution >= 4 is 28.3 Å². The SMILES string of the molecule is O=C(c1sccc1Cc1ccnc2[nH]ccc12)N1CCCC1. The number of likely N-dealkylation sites (tertiary alicyclic amines) is 1. The number of carbonyl (C=O) groups is 1. The molecule has 4 nitrogen and oxygen atoms in total.